The van der Waals surface area contributed by atoms with Crippen molar-refractivity contribution in [3.05, 3.63) is 24.3 Å². The molecule has 0 unspecified atom stereocenters. The van der Waals surface area contributed by atoms with Gasteiger partial charge in [0.25, 0.3) is 0 Å². The first-order valence-electron chi connectivity index (χ1n) is 9.01. The van der Waals surface area contributed by atoms with Crippen LogP contribution in [0.25, 0.3) is 0 Å². The summed E-state index contributed by atoms with van der Waals surface area (Å²) in [5.74, 6) is -0.691. The lowest BCUT2D eigenvalue weighted by molar-refractivity contribution is -0.139. The largest absolute Gasteiger partial charge is 0.462 e. The molecular weight excluding hydrogens is 336 g/mol. The summed E-state index contributed by atoms with van der Waals surface area (Å²) in [6.07, 6.45) is 3.69. The van der Waals surface area contributed by atoms with Gasteiger partial charge in [-0.2, -0.15) is 0 Å². The summed E-state index contributed by atoms with van der Waals surface area (Å²) in [6.45, 7) is 16.3. The zero-order valence-electron chi connectivity index (χ0n) is 16.3. The molecule has 5 nitrogen and oxygen atoms in total. The zero-order valence-corrected chi connectivity index (χ0v) is 17.3. The summed E-state index contributed by atoms with van der Waals surface area (Å²) >= 11 is 0. The van der Waals surface area contributed by atoms with Crippen molar-refractivity contribution in [3.63, 3.8) is 0 Å². The minimum absolute atomic E-state index is 0.345. The van der Waals surface area contributed by atoms with Gasteiger partial charge in [-0.3, -0.25) is 0 Å². The first kappa shape index (κ1) is 23.6. The Labute approximate surface area is 153 Å². The Morgan fingerprint density at radius 1 is 0.840 bits per heavy atom. The van der Waals surface area contributed by atoms with E-state index in [1.165, 1.54) is 0 Å². The Hall–Kier alpha value is -1.40. The summed E-state index contributed by atoms with van der Waals surface area (Å²) in [4.78, 5) is 22.8. The van der Waals surface area contributed by atoms with E-state index in [-0.39, 0.29) is 11.9 Å². The number of carbonyl (C=O) groups is 2. The molecule has 0 aliphatic rings. The highest BCUT2D eigenvalue weighted by atomic mass is 28.4. The van der Waals surface area contributed by atoms with Gasteiger partial charge in [0.1, 0.15) is 0 Å². The maximum atomic E-state index is 11.4. The normalized spacial score (nSPS) is 11.0. The van der Waals surface area contributed by atoms with Crippen LogP contribution >= 0.6 is 0 Å². The summed E-state index contributed by atoms with van der Waals surface area (Å²) in [7, 11) is -1.91. The van der Waals surface area contributed by atoms with Crippen LogP contribution in [0.1, 0.15) is 46.5 Å². The van der Waals surface area contributed by atoms with Crippen LogP contribution in [0.3, 0.4) is 0 Å². The molecule has 0 radical (unpaired) electrons. The van der Waals surface area contributed by atoms with Crippen molar-refractivity contribution in [2.75, 3.05) is 19.8 Å². The summed E-state index contributed by atoms with van der Waals surface area (Å²) in [5, 5.41) is 0. The third-order valence-electron chi connectivity index (χ3n) is 3.81. The number of carbonyl (C=O) groups excluding carboxylic acids is 2. The van der Waals surface area contributed by atoms with E-state index >= 15 is 0 Å². The average molecular weight is 371 g/mol. The van der Waals surface area contributed by atoms with Crippen LogP contribution in [0.4, 0.5) is 0 Å². The Bertz CT molecular complexity index is 425. The molecule has 6 heteroatoms. The monoisotopic (exact) mass is 370 g/mol. The van der Waals surface area contributed by atoms with Gasteiger partial charge >= 0.3 is 11.9 Å². The fraction of sp³-hybridized carbons (Fsp3) is 0.684. The summed E-state index contributed by atoms with van der Waals surface area (Å²) in [6, 6.07) is 1.82. The quantitative estimate of drug-likeness (QED) is 0.196. The molecule has 0 amide bonds. The SMILES string of the molecule is C=C(C)C(=O)OCCC[Si](C)(CCCOC(=O)C(=C)C)OCCCC. The lowest BCUT2D eigenvalue weighted by atomic mass is 10.4. The van der Waals surface area contributed by atoms with E-state index in [2.05, 4.69) is 26.6 Å². The van der Waals surface area contributed by atoms with E-state index in [9.17, 15) is 9.59 Å². The number of ether oxygens (including phenoxy) is 2. The van der Waals surface area contributed by atoms with Gasteiger partial charge in [0, 0.05) is 17.8 Å². The Morgan fingerprint density at radius 3 is 1.64 bits per heavy atom. The van der Waals surface area contributed by atoms with Crippen molar-refractivity contribution in [2.45, 2.75) is 65.1 Å². The van der Waals surface area contributed by atoms with Gasteiger partial charge in [-0.1, -0.05) is 26.5 Å². The molecule has 0 spiro atoms. The molecule has 0 rings (SSSR count). The lowest BCUT2D eigenvalue weighted by Crippen LogP contribution is -2.35. The molecule has 0 aliphatic carbocycles. The van der Waals surface area contributed by atoms with Crippen molar-refractivity contribution in [1.29, 1.82) is 0 Å². The maximum Gasteiger partial charge on any atom is 0.333 e. The van der Waals surface area contributed by atoms with E-state index in [4.69, 9.17) is 13.9 Å². The molecule has 0 fully saturated rings. The van der Waals surface area contributed by atoms with Gasteiger partial charge in [0.05, 0.1) is 13.2 Å². The minimum Gasteiger partial charge on any atom is -0.462 e. The molecule has 0 N–H and O–H groups in total. The first-order chi connectivity index (χ1) is 11.7. The molecule has 0 aromatic carbocycles. The van der Waals surface area contributed by atoms with E-state index < -0.39 is 8.32 Å². The number of unbranched alkanes of at least 4 members (excludes halogenated alkanes) is 1. The fourth-order valence-electron chi connectivity index (χ4n) is 2.20. The topological polar surface area (TPSA) is 61.8 Å². The summed E-state index contributed by atoms with van der Waals surface area (Å²) in [5.41, 5.74) is 0.831. The van der Waals surface area contributed by atoms with Crippen molar-refractivity contribution in [1.82, 2.24) is 0 Å². The average Bonchev–Trinajstić information content (AvgIpc) is 2.55. The molecule has 25 heavy (non-hydrogen) atoms. The summed E-state index contributed by atoms with van der Waals surface area (Å²) < 4.78 is 16.5. The fourth-order valence-corrected chi connectivity index (χ4v) is 5.16. The minimum atomic E-state index is -1.91. The van der Waals surface area contributed by atoms with Gasteiger partial charge < -0.3 is 13.9 Å². The third-order valence-corrected chi connectivity index (χ3v) is 7.54. The van der Waals surface area contributed by atoms with Crippen molar-refractivity contribution in [2.24, 2.45) is 0 Å². The second kappa shape index (κ2) is 12.9. The highest BCUT2D eigenvalue weighted by molar-refractivity contribution is 6.72. The van der Waals surface area contributed by atoms with Gasteiger partial charge in [-0.25, -0.2) is 9.59 Å². The van der Waals surface area contributed by atoms with E-state index in [0.717, 1.165) is 44.4 Å². The maximum absolute atomic E-state index is 11.4. The molecule has 144 valence electrons. The molecule has 0 saturated carbocycles. The second-order valence-electron chi connectivity index (χ2n) is 6.69. The lowest BCUT2D eigenvalue weighted by Gasteiger charge is -2.27. The molecule has 0 aromatic heterocycles. The second-order valence-corrected chi connectivity index (χ2v) is 10.9. The van der Waals surface area contributed by atoms with E-state index in [1.54, 1.807) is 13.8 Å². The van der Waals surface area contributed by atoms with E-state index in [0.29, 0.717) is 24.4 Å². The molecular formula is C19H34O5Si. The van der Waals surface area contributed by atoms with Gasteiger partial charge in [0.15, 0.2) is 8.32 Å². The van der Waals surface area contributed by atoms with Crippen molar-refractivity contribution >= 4 is 20.3 Å². The third kappa shape index (κ3) is 11.7. The number of esters is 2. The smallest absolute Gasteiger partial charge is 0.333 e. The first-order valence-corrected chi connectivity index (χ1v) is 11.8. The van der Waals surface area contributed by atoms with Crippen LogP contribution in [0.2, 0.25) is 18.6 Å². The highest BCUT2D eigenvalue weighted by Gasteiger charge is 2.28. The molecule has 0 aliphatic heterocycles. The van der Waals surface area contributed by atoms with Crippen molar-refractivity contribution < 1.29 is 23.5 Å². The predicted molar refractivity (Wildman–Crippen MR) is 103 cm³/mol. The number of hydrogen-bond acceptors (Lipinski definition) is 5. The standard InChI is InChI=1S/C19H34O5Si/c1-7-8-13-24-25(6,14-9-11-22-18(20)16(2)3)15-10-12-23-19(21)17(4)5/h2,4,7-15H2,1,3,5-6H3. The predicted octanol–water partition coefficient (Wildman–Crippen LogP) is 4.40. The Morgan fingerprint density at radius 2 is 1.28 bits per heavy atom. The van der Waals surface area contributed by atoms with Gasteiger partial charge in [0.2, 0.25) is 0 Å². The molecule has 0 atom stereocenters. The Balaban J connectivity index is 4.31. The molecule has 0 saturated heterocycles. The van der Waals surface area contributed by atoms with Crippen LogP contribution in [0.15, 0.2) is 24.3 Å². The molecule has 0 aromatic rings. The van der Waals surface area contributed by atoms with Crippen LogP contribution in [-0.4, -0.2) is 40.1 Å². The highest BCUT2D eigenvalue weighted by Crippen LogP contribution is 2.22. The number of hydrogen-bond donors (Lipinski definition) is 0. The van der Waals surface area contributed by atoms with Crippen LogP contribution in [-0.2, 0) is 23.5 Å². The van der Waals surface area contributed by atoms with Gasteiger partial charge in [-0.15, -0.1) is 0 Å². The molecule has 0 heterocycles. The number of rotatable bonds is 14. The Kier molecular flexibility index (Phi) is 12.2. The van der Waals surface area contributed by atoms with E-state index in [1.807, 2.05) is 0 Å². The van der Waals surface area contributed by atoms with Crippen LogP contribution in [0.5, 0.6) is 0 Å². The van der Waals surface area contributed by atoms with Crippen LogP contribution < -0.4 is 0 Å². The van der Waals surface area contributed by atoms with Crippen molar-refractivity contribution in [3.8, 4) is 0 Å². The zero-order chi connectivity index (χ0) is 19.3. The van der Waals surface area contributed by atoms with Crippen LogP contribution in [0, 0.1) is 0 Å². The molecule has 0 bridgehead atoms. The van der Waals surface area contributed by atoms with Gasteiger partial charge in [-0.05, 0) is 51.7 Å².